The Morgan fingerprint density at radius 1 is 1.30 bits per heavy atom. The van der Waals surface area contributed by atoms with Gasteiger partial charge in [0.2, 0.25) is 0 Å². The van der Waals surface area contributed by atoms with Crippen LogP contribution in [0.2, 0.25) is 0 Å². The lowest BCUT2D eigenvalue weighted by molar-refractivity contribution is -0.152. The van der Waals surface area contributed by atoms with Gasteiger partial charge in [0.15, 0.2) is 5.78 Å². The molecule has 106 valence electrons. The molecule has 0 unspecified atom stereocenters. The van der Waals surface area contributed by atoms with Crippen molar-refractivity contribution < 1.29 is 19.1 Å². The highest BCUT2D eigenvalue weighted by molar-refractivity contribution is 6.16. The second kappa shape index (κ2) is 5.57. The van der Waals surface area contributed by atoms with Crippen molar-refractivity contribution >= 4 is 17.5 Å². The highest BCUT2D eigenvalue weighted by atomic mass is 16.5. The highest BCUT2D eigenvalue weighted by Crippen LogP contribution is 2.41. The molecule has 0 fully saturated rings. The molecule has 0 bridgehead atoms. The Kier molecular flexibility index (Phi) is 4.02. The Bertz CT molecular complexity index is 561. The quantitative estimate of drug-likeness (QED) is 0.611. The summed E-state index contributed by atoms with van der Waals surface area (Å²) < 4.78 is 5.09. The summed E-state index contributed by atoms with van der Waals surface area (Å²) in [4.78, 5) is 36.2. The summed E-state index contributed by atoms with van der Waals surface area (Å²) >= 11 is 0. The monoisotopic (exact) mass is 274 g/mol. The van der Waals surface area contributed by atoms with Crippen molar-refractivity contribution in [2.75, 3.05) is 6.61 Å². The van der Waals surface area contributed by atoms with Gasteiger partial charge in [0.1, 0.15) is 11.2 Å². The van der Waals surface area contributed by atoms with Crippen LogP contribution in [0, 0.1) is 5.41 Å². The maximum Gasteiger partial charge on any atom is 0.320 e. The maximum absolute atomic E-state index is 12.6. The van der Waals surface area contributed by atoms with Crippen LogP contribution in [0.15, 0.2) is 24.3 Å². The second-order valence-corrected chi connectivity index (χ2v) is 5.17. The van der Waals surface area contributed by atoms with Crippen LogP contribution < -0.4 is 0 Å². The van der Waals surface area contributed by atoms with Gasteiger partial charge in [0.05, 0.1) is 6.61 Å². The van der Waals surface area contributed by atoms with E-state index in [1.165, 1.54) is 6.92 Å². The Morgan fingerprint density at radius 3 is 2.60 bits per heavy atom. The van der Waals surface area contributed by atoms with Crippen LogP contribution in [-0.2, 0) is 20.7 Å². The predicted molar refractivity (Wildman–Crippen MR) is 73.5 cm³/mol. The van der Waals surface area contributed by atoms with Gasteiger partial charge in [-0.3, -0.25) is 9.59 Å². The van der Waals surface area contributed by atoms with Gasteiger partial charge in [-0.05, 0) is 32.3 Å². The average Bonchev–Trinajstić information content (AvgIpc) is 2.71. The zero-order chi connectivity index (χ0) is 14.8. The highest BCUT2D eigenvalue weighted by Gasteiger charge is 2.52. The van der Waals surface area contributed by atoms with Crippen LogP contribution in [-0.4, -0.2) is 24.1 Å². The largest absolute Gasteiger partial charge is 0.465 e. The van der Waals surface area contributed by atoms with Crippen molar-refractivity contribution in [2.45, 2.75) is 33.1 Å². The minimum absolute atomic E-state index is 0.0302. The van der Waals surface area contributed by atoms with E-state index in [4.69, 9.17) is 4.74 Å². The maximum atomic E-state index is 12.6. The van der Waals surface area contributed by atoms with Gasteiger partial charge in [-0.25, -0.2) is 0 Å². The van der Waals surface area contributed by atoms with Crippen LogP contribution in [0.25, 0.3) is 0 Å². The van der Waals surface area contributed by atoms with E-state index in [0.29, 0.717) is 12.0 Å². The summed E-state index contributed by atoms with van der Waals surface area (Å²) in [6.07, 6.45) is 0.751. The molecule has 0 amide bonds. The molecule has 1 aliphatic rings. The summed E-state index contributed by atoms with van der Waals surface area (Å²) in [6, 6.07) is 7.20. The second-order valence-electron chi connectivity index (χ2n) is 5.17. The number of rotatable bonds is 5. The standard InChI is InChI=1S/C16H18O4/c1-3-20-15(19)16(9-8-11(2)17)10-12-6-4-5-7-13(12)14(16)18/h4-7H,3,8-10H2,1-2H3/t16-/m1/s1. The Balaban J connectivity index is 2.37. The first-order chi connectivity index (χ1) is 9.51. The molecule has 0 radical (unpaired) electrons. The number of hydrogen-bond acceptors (Lipinski definition) is 4. The fourth-order valence-corrected chi connectivity index (χ4v) is 2.69. The molecule has 0 saturated carbocycles. The van der Waals surface area contributed by atoms with E-state index in [2.05, 4.69) is 0 Å². The molecule has 0 aliphatic heterocycles. The molecule has 2 rings (SSSR count). The topological polar surface area (TPSA) is 60.4 Å². The van der Waals surface area contributed by atoms with E-state index in [1.807, 2.05) is 12.1 Å². The lowest BCUT2D eigenvalue weighted by Crippen LogP contribution is -2.39. The molecule has 4 nitrogen and oxygen atoms in total. The van der Waals surface area contributed by atoms with Crippen molar-refractivity contribution in [2.24, 2.45) is 5.41 Å². The molecule has 0 saturated heterocycles. The third-order valence-electron chi connectivity index (χ3n) is 3.76. The Morgan fingerprint density at radius 2 is 2.00 bits per heavy atom. The molecule has 0 aromatic heterocycles. The van der Waals surface area contributed by atoms with E-state index in [-0.39, 0.29) is 31.0 Å². The number of esters is 1. The first kappa shape index (κ1) is 14.4. The first-order valence-corrected chi connectivity index (χ1v) is 6.80. The number of Topliss-reactive ketones (excluding diaryl/α,β-unsaturated/α-hetero) is 2. The number of ketones is 2. The number of carbonyl (C=O) groups is 3. The zero-order valence-electron chi connectivity index (χ0n) is 11.8. The number of benzene rings is 1. The Hall–Kier alpha value is -1.97. The average molecular weight is 274 g/mol. The fourth-order valence-electron chi connectivity index (χ4n) is 2.69. The minimum atomic E-state index is -1.22. The molecule has 1 aliphatic carbocycles. The van der Waals surface area contributed by atoms with Gasteiger partial charge in [0.25, 0.3) is 0 Å². The van der Waals surface area contributed by atoms with E-state index < -0.39 is 11.4 Å². The normalized spacial score (nSPS) is 20.6. The van der Waals surface area contributed by atoms with Crippen molar-refractivity contribution in [3.8, 4) is 0 Å². The summed E-state index contributed by atoms with van der Waals surface area (Å²) in [6.45, 7) is 3.40. The first-order valence-electron chi connectivity index (χ1n) is 6.80. The lowest BCUT2D eigenvalue weighted by atomic mass is 9.79. The lowest BCUT2D eigenvalue weighted by Gasteiger charge is -2.24. The Labute approximate surface area is 118 Å². The number of fused-ring (bicyclic) bond motifs is 1. The van der Waals surface area contributed by atoms with E-state index in [9.17, 15) is 14.4 Å². The molecule has 0 heterocycles. The van der Waals surface area contributed by atoms with Crippen LogP contribution in [0.4, 0.5) is 0 Å². The van der Waals surface area contributed by atoms with E-state index in [0.717, 1.165) is 5.56 Å². The van der Waals surface area contributed by atoms with Crippen molar-refractivity contribution in [1.29, 1.82) is 0 Å². The molecule has 0 N–H and O–H groups in total. The van der Waals surface area contributed by atoms with Crippen molar-refractivity contribution in [3.05, 3.63) is 35.4 Å². The number of hydrogen-bond donors (Lipinski definition) is 0. The van der Waals surface area contributed by atoms with E-state index in [1.54, 1.807) is 19.1 Å². The van der Waals surface area contributed by atoms with Crippen LogP contribution in [0.3, 0.4) is 0 Å². The van der Waals surface area contributed by atoms with Gasteiger partial charge >= 0.3 is 5.97 Å². The molecule has 20 heavy (non-hydrogen) atoms. The molecule has 1 atom stereocenters. The molecule has 1 aromatic rings. The fraction of sp³-hybridized carbons (Fsp3) is 0.438. The molecule has 4 heteroatoms. The third-order valence-corrected chi connectivity index (χ3v) is 3.76. The van der Waals surface area contributed by atoms with Gasteiger partial charge in [-0.1, -0.05) is 24.3 Å². The van der Waals surface area contributed by atoms with E-state index >= 15 is 0 Å². The smallest absolute Gasteiger partial charge is 0.320 e. The summed E-state index contributed by atoms with van der Waals surface area (Å²) in [5, 5.41) is 0. The molecular formula is C16H18O4. The summed E-state index contributed by atoms with van der Waals surface area (Å²) in [5.74, 6) is -0.757. The SMILES string of the molecule is CCOC(=O)[C@]1(CCC(C)=O)Cc2ccccc2C1=O. The molecule has 1 aromatic carbocycles. The van der Waals surface area contributed by atoms with Crippen molar-refractivity contribution in [1.82, 2.24) is 0 Å². The number of ether oxygens (including phenoxy) is 1. The van der Waals surface area contributed by atoms with Crippen LogP contribution in [0.5, 0.6) is 0 Å². The molecular weight excluding hydrogens is 256 g/mol. The summed E-state index contributed by atoms with van der Waals surface area (Å²) in [7, 11) is 0. The summed E-state index contributed by atoms with van der Waals surface area (Å²) in [5.41, 5.74) is 0.212. The molecule has 0 spiro atoms. The van der Waals surface area contributed by atoms with Crippen LogP contribution >= 0.6 is 0 Å². The van der Waals surface area contributed by atoms with Gasteiger partial charge < -0.3 is 9.53 Å². The zero-order valence-corrected chi connectivity index (χ0v) is 11.8. The van der Waals surface area contributed by atoms with Gasteiger partial charge in [-0.2, -0.15) is 0 Å². The van der Waals surface area contributed by atoms with Crippen molar-refractivity contribution in [3.63, 3.8) is 0 Å². The van der Waals surface area contributed by atoms with Crippen LogP contribution in [0.1, 0.15) is 42.6 Å². The minimum Gasteiger partial charge on any atom is -0.465 e. The van der Waals surface area contributed by atoms with Gasteiger partial charge in [0, 0.05) is 12.0 Å². The third kappa shape index (κ3) is 2.38. The predicted octanol–water partition coefficient (Wildman–Crippen LogP) is 2.34. The number of carbonyl (C=O) groups excluding carboxylic acids is 3. The van der Waals surface area contributed by atoms with Gasteiger partial charge in [-0.15, -0.1) is 0 Å².